The molecule has 0 aliphatic heterocycles. The summed E-state index contributed by atoms with van der Waals surface area (Å²) in [6.45, 7) is 2.42. The first-order valence-corrected chi connectivity index (χ1v) is 9.76. The van der Waals surface area contributed by atoms with Crippen molar-refractivity contribution in [3.8, 4) is 0 Å². The summed E-state index contributed by atoms with van der Waals surface area (Å²) in [5, 5.41) is 9.83. The van der Waals surface area contributed by atoms with Gasteiger partial charge in [0.2, 0.25) is 0 Å². The average Bonchev–Trinajstić information content (AvgIpc) is 3.02. The minimum Gasteiger partial charge on any atom is -0.478 e. The highest BCUT2D eigenvalue weighted by molar-refractivity contribution is 7.18. The zero-order valence-corrected chi connectivity index (χ0v) is 15.4. The zero-order chi connectivity index (χ0) is 18.3. The number of thiophene rings is 1. The second kappa shape index (κ2) is 6.68. The lowest BCUT2D eigenvalue weighted by atomic mass is 9.97. The van der Waals surface area contributed by atoms with Gasteiger partial charge in [0.25, 0.3) is 5.56 Å². The van der Waals surface area contributed by atoms with E-state index in [1.165, 1.54) is 16.9 Å². The van der Waals surface area contributed by atoms with Crippen molar-refractivity contribution in [2.24, 2.45) is 0 Å². The van der Waals surface area contributed by atoms with Crippen molar-refractivity contribution in [3.05, 3.63) is 62.0 Å². The fourth-order valence-electron chi connectivity index (χ4n) is 3.65. The van der Waals surface area contributed by atoms with Crippen molar-refractivity contribution >= 4 is 27.5 Å². The number of aryl methyl sites for hydroxylation is 3. The molecule has 0 saturated heterocycles. The van der Waals surface area contributed by atoms with Crippen LogP contribution < -0.4 is 5.56 Å². The Balaban J connectivity index is 1.81. The summed E-state index contributed by atoms with van der Waals surface area (Å²) in [5.41, 5.74) is 2.38. The number of carboxylic acids is 1. The molecule has 134 valence electrons. The molecule has 0 amide bonds. The van der Waals surface area contributed by atoms with Crippen LogP contribution in [-0.4, -0.2) is 20.6 Å². The van der Waals surface area contributed by atoms with Crippen LogP contribution in [0.1, 0.15) is 52.0 Å². The van der Waals surface area contributed by atoms with Crippen molar-refractivity contribution in [3.63, 3.8) is 0 Å². The highest BCUT2D eigenvalue weighted by Crippen LogP contribution is 2.33. The van der Waals surface area contributed by atoms with Gasteiger partial charge in [0.1, 0.15) is 10.7 Å². The molecular formula is C20H20N2O3S. The van der Waals surface area contributed by atoms with E-state index in [0.717, 1.165) is 40.9 Å². The summed E-state index contributed by atoms with van der Waals surface area (Å²) < 4.78 is 1.75. The second-order valence-corrected chi connectivity index (χ2v) is 7.75. The minimum atomic E-state index is -0.948. The molecule has 0 atom stereocenters. The monoisotopic (exact) mass is 368 g/mol. The first kappa shape index (κ1) is 17.0. The van der Waals surface area contributed by atoms with E-state index in [9.17, 15) is 9.59 Å². The van der Waals surface area contributed by atoms with Crippen LogP contribution in [0.5, 0.6) is 0 Å². The average molecular weight is 368 g/mol. The first-order valence-electron chi connectivity index (χ1n) is 8.94. The van der Waals surface area contributed by atoms with E-state index >= 15 is 0 Å². The van der Waals surface area contributed by atoms with Crippen molar-refractivity contribution in [2.45, 2.75) is 45.6 Å². The Hall–Kier alpha value is -2.47. The van der Waals surface area contributed by atoms with E-state index in [2.05, 4.69) is 0 Å². The van der Waals surface area contributed by atoms with Gasteiger partial charge in [-0.25, -0.2) is 9.78 Å². The molecule has 1 aliphatic carbocycles. The van der Waals surface area contributed by atoms with Crippen molar-refractivity contribution in [1.82, 2.24) is 9.55 Å². The molecule has 1 N–H and O–H groups in total. The number of fused-ring (bicyclic) bond motifs is 3. The predicted octanol–water partition coefficient (Wildman–Crippen LogP) is 3.65. The fraction of sp³-hybridized carbons (Fsp3) is 0.350. The Kier molecular flexibility index (Phi) is 4.36. The number of hydrogen-bond acceptors (Lipinski definition) is 4. The third-order valence-electron chi connectivity index (χ3n) is 5.01. The molecule has 1 aromatic carbocycles. The largest absolute Gasteiger partial charge is 0.478 e. The number of rotatable bonds is 4. The van der Waals surface area contributed by atoms with Crippen LogP contribution in [0.25, 0.3) is 10.2 Å². The topological polar surface area (TPSA) is 72.2 Å². The molecule has 0 spiro atoms. The standard InChI is InChI=1S/C20H20N2O3S/c1-2-16-21-18-17(14-5-3-4-6-15(14)26-18)19(23)22(16)11-12-7-9-13(10-8-12)20(24)25/h7-10H,2-6,11H2,1H3,(H,24,25). The van der Waals surface area contributed by atoms with Gasteiger partial charge in [0, 0.05) is 11.3 Å². The molecule has 26 heavy (non-hydrogen) atoms. The Morgan fingerprint density at radius 1 is 1.23 bits per heavy atom. The van der Waals surface area contributed by atoms with Gasteiger partial charge in [-0.3, -0.25) is 9.36 Å². The zero-order valence-electron chi connectivity index (χ0n) is 14.6. The van der Waals surface area contributed by atoms with E-state index in [4.69, 9.17) is 10.1 Å². The van der Waals surface area contributed by atoms with Gasteiger partial charge in [-0.2, -0.15) is 0 Å². The van der Waals surface area contributed by atoms with Gasteiger partial charge in [-0.05, 0) is 48.9 Å². The number of nitrogens with zero attached hydrogens (tertiary/aromatic N) is 2. The Morgan fingerprint density at radius 3 is 2.65 bits per heavy atom. The molecule has 0 fully saturated rings. The molecule has 3 aromatic rings. The quantitative estimate of drug-likeness (QED) is 0.763. The van der Waals surface area contributed by atoms with E-state index in [-0.39, 0.29) is 11.1 Å². The van der Waals surface area contributed by atoms with Crippen LogP contribution in [0.2, 0.25) is 0 Å². The second-order valence-electron chi connectivity index (χ2n) is 6.67. The van der Waals surface area contributed by atoms with Crippen molar-refractivity contribution in [2.75, 3.05) is 0 Å². The Labute approximate surface area is 154 Å². The molecule has 0 saturated carbocycles. The summed E-state index contributed by atoms with van der Waals surface area (Å²) in [6, 6.07) is 6.69. The SMILES string of the molecule is CCc1nc2sc3c(c2c(=O)n1Cc1ccc(C(=O)O)cc1)CCCC3. The fourth-order valence-corrected chi connectivity index (χ4v) is 4.92. The lowest BCUT2D eigenvalue weighted by molar-refractivity contribution is 0.0697. The van der Waals surface area contributed by atoms with Crippen LogP contribution >= 0.6 is 11.3 Å². The smallest absolute Gasteiger partial charge is 0.335 e. The molecular weight excluding hydrogens is 348 g/mol. The number of aromatic carboxylic acids is 1. The molecule has 0 radical (unpaired) electrons. The Bertz CT molecular complexity index is 1050. The summed E-state index contributed by atoms with van der Waals surface area (Å²) in [7, 11) is 0. The minimum absolute atomic E-state index is 0.0357. The highest BCUT2D eigenvalue weighted by Gasteiger charge is 2.21. The summed E-state index contributed by atoms with van der Waals surface area (Å²) in [6.07, 6.45) is 5.01. The maximum atomic E-state index is 13.3. The van der Waals surface area contributed by atoms with Gasteiger partial charge in [-0.15, -0.1) is 11.3 Å². The highest BCUT2D eigenvalue weighted by atomic mass is 32.1. The summed E-state index contributed by atoms with van der Waals surface area (Å²) in [4.78, 5) is 31.3. The van der Waals surface area contributed by atoms with Crippen LogP contribution in [0, 0.1) is 0 Å². The molecule has 2 heterocycles. The number of hydrogen-bond donors (Lipinski definition) is 1. The molecule has 0 bridgehead atoms. The van der Waals surface area contributed by atoms with E-state index in [1.54, 1.807) is 40.2 Å². The third kappa shape index (κ3) is 2.84. The van der Waals surface area contributed by atoms with Gasteiger partial charge in [0.05, 0.1) is 17.5 Å². The van der Waals surface area contributed by atoms with Crippen LogP contribution in [0.15, 0.2) is 29.1 Å². The predicted molar refractivity (Wildman–Crippen MR) is 102 cm³/mol. The lowest BCUT2D eigenvalue weighted by Crippen LogP contribution is -2.26. The van der Waals surface area contributed by atoms with Gasteiger partial charge >= 0.3 is 5.97 Å². The molecule has 6 heteroatoms. The van der Waals surface area contributed by atoms with Crippen LogP contribution in [0.3, 0.4) is 0 Å². The van der Waals surface area contributed by atoms with Crippen molar-refractivity contribution in [1.29, 1.82) is 0 Å². The molecule has 5 nitrogen and oxygen atoms in total. The summed E-state index contributed by atoms with van der Waals surface area (Å²) >= 11 is 1.67. The van der Waals surface area contributed by atoms with Gasteiger partial charge < -0.3 is 5.11 Å². The van der Waals surface area contributed by atoms with Gasteiger partial charge in [0.15, 0.2) is 0 Å². The number of carboxylic acid groups (broad SMARTS) is 1. The first-order chi connectivity index (χ1) is 12.6. The Morgan fingerprint density at radius 2 is 1.96 bits per heavy atom. The third-order valence-corrected chi connectivity index (χ3v) is 6.20. The molecule has 2 aromatic heterocycles. The number of benzene rings is 1. The van der Waals surface area contributed by atoms with Crippen molar-refractivity contribution < 1.29 is 9.90 Å². The maximum absolute atomic E-state index is 13.3. The number of carbonyl (C=O) groups is 1. The van der Waals surface area contributed by atoms with E-state index < -0.39 is 5.97 Å². The van der Waals surface area contributed by atoms with E-state index in [0.29, 0.717) is 13.0 Å². The van der Waals surface area contributed by atoms with Crippen LogP contribution in [-0.2, 0) is 25.8 Å². The summed E-state index contributed by atoms with van der Waals surface area (Å²) in [5.74, 6) is -0.167. The molecule has 1 aliphatic rings. The lowest BCUT2D eigenvalue weighted by Gasteiger charge is -2.13. The molecule has 0 unspecified atom stereocenters. The van der Waals surface area contributed by atoms with E-state index in [1.807, 2.05) is 6.92 Å². The normalized spacial score (nSPS) is 13.7. The molecule has 4 rings (SSSR count). The maximum Gasteiger partial charge on any atom is 0.335 e. The van der Waals surface area contributed by atoms with Gasteiger partial charge in [-0.1, -0.05) is 19.1 Å². The number of aromatic nitrogens is 2. The van der Waals surface area contributed by atoms with Crippen LogP contribution in [0.4, 0.5) is 0 Å².